The molecule has 0 bridgehead atoms. The van der Waals surface area contributed by atoms with E-state index >= 15 is 0 Å². The van der Waals surface area contributed by atoms with E-state index in [1.807, 2.05) is 0 Å². The number of hydrogen-bond acceptors (Lipinski definition) is 11. The van der Waals surface area contributed by atoms with Gasteiger partial charge in [-0.15, -0.1) is 0 Å². The largest absolute Gasteiger partial charge is 0.595 e. The van der Waals surface area contributed by atoms with E-state index in [2.05, 4.69) is 16.7 Å². The van der Waals surface area contributed by atoms with E-state index in [1.54, 1.807) is 103 Å². The monoisotopic (exact) mass is 935 g/mol. The van der Waals surface area contributed by atoms with Gasteiger partial charge in [0.2, 0.25) is 15.9 Å². The fourth-order valence-corrected chi connectivity index (χ4v) is 9.65. The molecule has 6 aromatic rings. The number of aliphatic hydroxyl groups excluding tert-OH is 1. The van der Waals surface area contributed by atoms with Gasteiger partial charge in [-0.1, -0.05) is 83.9 Å². The number of carbonyl (C=O) groups is 2. The average molecular weight is 937 g/mol. The highest BCUT2D eigenvalue weighted by Gasteiger charge is 2.42. The summed E-state index contributed by atoms with van der Waals surface area (Å²) in [5.41, 5.74) is 5.27. The average Bonchev–Trinajstić information content (AvgIpc) is 3.31. The molecule has 0 aliphatic carbocycles. The molecule has 0 radical (unpaired) electrons. The number of nitriles is 1. The van der Waals surface area contributed by atoms with Crippen molar-refractivity contribution in [2.75, 3.05) is 5.32 Å². The molecule has 6 N–H and O–H groups in total. The summed E-state index contributed by atoms with van der Waals surface area (Å²) in [5.74, 6) is -1.39. The highest BCUT2D eigenvalue weighted by atomic mass is 35.5. The van der Waals surface area contributed by atoms with E-state index in [-0.39, 0.29) is 36.6 Å². The first-order chi connectivity index (χ1) is 31.2. The van der Waals surface area contributed by atoms with Crippen LogP contribution in [0.25, 0.3) is 11.1 Å². The van der Waals surface area contributed by atoms with Gasteiger partial charge in [-0.05, 0) is 100.0 Å². The lowest BCUT2D eigenvalue weighted by Gasteiger charge is -2.38. The van der Waals surface area contributed by atoms with Crippen LogP contribution in [0, 0.1) is 16.5 Å². The van der Waals surface area contributed by atoms with E-state index in [1.165, 1.54) is 18.2 Å². The van der Waals surface area contributed by atoms with Gasteiger partial charge in [-0.2, -0.15) is 14.8 Å². The Hall–Kier alpha value is -6.52. The molecule has 0 saturated carbocycles. The third-order valence-corrected chi connectivity index (χ3v) is 13.8. The summed E-state index contributed by atoms with van der Waals surface area (Å²) in [6, 6.07) is 33.3. The van der Waals surface area contributed by atoms with Gasteiger partial charge in [0.25, 0.3) is 0 Å². The van der Waals surface area contributed by atoms with E-state index < -0.39 is 51.5 Å². The lowest BCUT2D eigenvalue weighted by molar-refractivity contribution is -0.991. The minimum absolute atomic E-state index is 0.131. The molecule has 6 aromatic carbocycles. The van der Waals surface area contributed by atoms with Crippen LogP contribution in [0.3, 0.4) is 0 Å². The van der Waals surface area contributed by atoms with Crippen molar-refractivity contribution in [2.24, 2.45) is 0 Å². The molecule has 15 nitrogen and oxygen atoms in total. The van der Waals surface area contributed by atoms with Gasteiger partial charge in [0.05, 0.1) is 32.3 Å². The Morgan fingerprint density at radius 2 is 1.62 bits per heavy atom. The standard InChI is InChI=1S/C47H39Cl2N5O10S/c48-38-17-8-29(18-39(38)49)26-63-36-15-13-32(14-16-36)44-46(56)51-40-20-33-21-42(53(25-34(33)22-43(40)64-44)65(61,62)37-3-1-2-35(23-37)54(59)60)45(55)52-41(47(57)58)19-27-4-9-30(10-5-27)31-11-6-28(24-50)7-12-31/h1-18,20,22-23,41-42,44,46,51,54,56,59H,19,21,25-26H2,(H,52,55)(H,57,58). The van der Waals surface area contributed by atoms with Gasteiger partial charge >= 0.3 is 5.97 Å². The second-order valence-corrected chi connectivity index (χ2v) is 18.1. The smallest absolute Gasteiger partial charge is 0.326 e. The molecule has 0 saturated heterocycles. The fourth-order valence-electron chi connectivity index (χ4n) is 7.71. The van der Waals surface area contributed by atoms with Crippen molar-refractivity contribution in [3.05, 3.63) is 176 Å². The van der Waals surface area contributed by atoms with Gasteiger partial charge in [-0.25, -0.2) is 18.4 Å². The number of aliphatic carboxylic acids is 1. The lowest BCUT2D eigenvalue weighted by Crippen LogP contribution is -2.99. The minimum atomic E-state index is -4.60. The van der Waals surface area contributed by atoms with Crippen LogP contribution in [0.15, 0.2) is 132 Å². The number of quaternary nitrogens is 1. The van der Waals surface area contributed by atoms with E-state index in [9.17, 15) is 38.6 Å². The van der Waals surface area contributed by atoms with Crippen molar-refractivity contribution in [2.45, 2.75) is 55.3 Å². The number of aliphatic hydroxyl groups is 1. The van der Waals surface area contributed by atoms with Crippen LogP contribution < -0.4 is 25.3 Å². The van der Waals surface area contributed by atoms with Crippen molar-refractivity contribution >= 4 is 56.5 Å². The van der Waals surface area contributed by atoms with Gasteiger partial charge in [0.1, 0.15) is 30.2 Å². The topological polar surface area (TPSA) is 226 Å². The second kappa shape index (κ2) is 18.9. The summed E-state index contributed by atoms with van der Waals surface area (Å²) in [7, 11) is -4.60. The number of ether oxygens (including phenoxy) is 2. The first kappa shape index (κ1) is 45.1. The molecule has 2 aliphatic heterocycles. The number of carboxylic acids is 1. The number of anilines is 1. The number of rotatable bonds is 13. The van der Waals surface area contributed by atoms with Crippen molar-refractivity contribution in [1.29, 1.82) is 5.26 Å². The summed E-state index contributed by atoms with van der Waals surface area (Å²) in [6.07, 6.45) is -2.46. The molecule has 0 fully saturated rings. The summed E-state index contributed by atoms with van der Waals surface area (Å²) in [4.78, 5) is 26.5. The first-order valence-electron chi connectivity index (χ1n) is 20.1. The third kappa shape index (κ3) is 9.93. The van der Waals surface area contributed by atoms with Crippen molar-refractivity contribution < 1.29 is 48.1 Å². The number of benzene rings is 6. The molecule has 0 spiro atoms. The lowest BCUT2D eigenvalue weighted by atomic mass is 9.93. The second-order valence-electron chi connectivity index (χ2n) is 15.4. The number of carboxylic acid groups (broad SMARTS) is 1. The molecular formula is C47H39Cl2N5O10S. The van der Waals surface area contributed by atoms with Crippen LogP contribution in [0.2, 0.25) is 10.0 Å². The molecule has 1 amide bonds. The Kier molecular flexibility index (Phi) is 13.1. The number of amides is 1. The zero-order chi connectivity index (χ0) is 46.0. The van der Waals surface area contributed by atoms with Crippen LogP contribution in [0.1, 0.15) is 39.5 Å². The Morgan fingerprint density at radius 3 is 2.28 bits per heavy atom. The molecule has 0 aromatic heterocycles. The van der Waals surface area contributed by atoms with Crippen LogP contribution in [0.4, 0.5) is 11.4 Å². The number of halogens is 2. The number of carbonyl (C=O) groups excluding carboxylic acids is 1. The van der Waals surface area contributed by atoms with Crippen LogP contribution in [-0.2, 0) is 45.6 Å². The van der Waals surface area contributed by atoms with E-state index in [4.69, 9.17) is 37.9 Å². The maximum absolute atomic E-state index is 14.5. The highest BCUT2D eigenvalue weighted by molar-refractivity contribution is 7.89. The Bertz CT molecular complexity index is 2910. The van der Waals surface area contributed by atoms with Gasteiger partial charge < -0.3 is 35.5 Å². The zero-order valence-electron chi connectivity index (χ0n) is 34.0. The summed E-state index contributed by atoms with van der Waals surface area (Å²) in [6.45, 7) is -0.132. The van der Waals surface area contributed by atoms with E-state index in [0.717, 1.165) is 27.1 Å². The predicted octanol–water partition coefficient (Wildman–Crippen LogP) is 6.31. The molecular weight excluding hydrogens is 898 g/mol. The van der Waals surface area contributed by atoms with Crippen molar-refractivity contribution in [3.8, 4) is 28.7 Å². The van der Waals surface area contributed by atoms with Crippen LogP contribution in [0.5, 0.6) is 11.5 Å². The Balaban J connectivity index is 1.04. The Morgan fingerprint density at radius 1 is 0.923 bits per heavy atom. The highest BCUT2D eigenvalue weighted by Crippen LogP contribution is 2.42. The fraction of sp³-hybridized carbons (Fsp3) is 0.170. The normalized spacial score (nSPS) is 17.8. The van der Waals surface area contributed by atoms with Gasteiger partial charge in [0, 0.05) is 25.1 Å². The van der Waals surface area contributed by atoms with Gasteiger partial charge in [0.15, 0.2) is 18.0 Å². The molecule has 65 heavy (non-hydrogen) atoms. The van der Waals surface area contributed by atoms with E-state index in [0.29, 0.717) is 55.0 Å². The number of nitrogens with one attached hydrogen (secondary N) is 3. The molecule has 2 aliphatic rings. The molecule has 332 valence electrons. The maximum atomic E-state index is 14.5. The SMILES string of the molecule is N#Cc1ccc(-c2ccc(CC(NC(=O)C3Cc4cc5c(cc4CN3S(=O)(=O)c3cccc([NH+]([O-])O)c3)OC(c3ccc(OCc4ccc(Cl)c(Cl)c4)cc3)C(O)N5)C(=O)O)cc2)cc1. The van der Waals surface area contributed by atoms with Crippen molar-refractivity contribution in [1.82, 2.24) is 9.62 Å². The minimum Gasteiger partial charge on any atom is -0.595 e. The molecule has 2 heterocycles. The maximum Gasteiger partial charge on any atom is 0.326 e. The van der Waals surface area contributed by atoms with Crippen LogP contribution in [-0.4, -0.2) is 58.3 Å². The molecule has 18 heteroatoms. The quantitative estimate of drug-likeness (QED) is 0.0702. The number of nitrogens with zero attached hydrogens (tertiary/aromatic N) is 2. The summed E-state index contributed by atoms with van der Waals surface area (Å²) in [5, 5.41) is 57.3. The molecule has 5 atom stereocenters. The van der Waals surface area contributed by atoms with Gasteiger partial charge in [-0.3, -0.25) is 4.79 Å². The predicted molar refractivity (Wildman–Crippen MR) is 239 cm³/mol. The molecule has 8 rings (SSSR count). The van der Waals surface area contributed by atoms with Crippen molar-refractivity contribution in [3.63, 3.8) is 0 Å². The molecule has 5 unspecified atom stereocenters. The first-order valence-corrected chi connectivity index (χ1v) is 22.3. The number of fused-ring (bicyclic) bond motifs is 2. The number of sulfonamides is 1. The van der Waals surface area contributed by atoms with Crippen LogP contribution >= 0.6 is 23.2 Å². The zero-order valence-corrected chi connectivity index (χ0v) is 36.3. The number of hydrogen-bond donors (Lipinski definition) is 6. The Labute approximate surface area is 383 Å². The summed E-state index contributed by atoms with van der Waals surface area (Å²) >= 11 is 12.2. The third-order valence-electron chi connectivity index (χ3n) is 11.2. The summed E-state index contributed by atoms with van der Waals surface area (Å²) < 4.78 is 42.1.